The van der Waals surface area contributed by atoms with Gasteiger partial charge >= 0.3 is 0 Å². The highest BCUT2D eigenvalue weighted by Gasteiger charge is 2.24. The van der Waals surface area contributed by atoms with E-state index in [0.29, 0.717) is 24.4 Å². The molecule has 1 aliphatic heterocycles. The highest BCUT2D eigenvalue weighted by Crippen LogP contribution is 2.11. The first-order chi connectivity index (χ1) is 8.52. The molecule has 0 spiro atoms. The number of aryl methyl sites for hydroxylation is 2. The summed E-state index contributed by atoms with van der Waals surface area (Å²) in [4.78, 5) is 26.0. The third kappa shape index (κ3) is 2.15. The van der Waals surface area contributed by atoms with Crippen LogP contribution in [0.5, 0.6) is 0 Å². The molecule has 0 atom stereocenters. The fourth-order valence-corrected chi connectivity index (χ4v) is 2.02. The summed E-state index contributed by atoms with van der Waals surface area (Å²) in [6.45, 7) is 5.09. The van der Waals surface area contributed by atoms with Crippen molar-refractivity contribution >= 4 is 5.91 Å². The molecule has 0 aliphatic carbocycles. The Bertz CT molecular complexity index is 530. The molecule has 0 bridgehead atoms. The van der Waals surface area contributed by atoms with E-state index in [9.17, 15) is 9.59 Å². The summed E-state index contributed by atoms with van der Waals surface area (Å²) in [5.41, 5.74) is 1.19. The lowest BCUT2D eigenvalue weighted by molar-refractivity contribution is -0.00590. The fraction of sp³-hybridized carbons (Fsp3) is 0.583. The zero-order valence-electron chi connectivity index (χ0n) is 10.9. The van der Waals surface area contributed by atoms with Crippen LogP contribution in [-0.4, -0.2) is 40.5 Å². The molecular weight excluding hydrogens is 234 g/mol. The molecule has 0 N–H and O–H groups in total. The number of carbonyl (C=O) groups is 1. The molecule has 98 valence electrons. The Morgan fingerprint density at radius 1 is 1.39 bits per heavy atom. The second-order valence-electron chi connectivity index (χ2n) is 4.47. The molecular formula is C12H17N3O3. The van der Waals surface area contributed by atoms with Gasteiger partial charge in [0, 0.05) is 13.6 Å². The van der Waals surface area contributed by atoms with Crippen LogP contribution >= 0.6 is 0 Å². The van der Waals surface area contributed by atoms with Crippen molar-refractivity contribution in [2.75, 3.05) is 19.9 Å². The van der Waals surface area contributed by atoms with E-state index in [1.807, 2.05) is 0 Å². The first kappa shape index (κ1) is 12.8. The minimum Gasteiger partial charge on any atom is -0.361 e. The molecule has 2 heterocycles. The molecule has 6 heteroatoms. The van der Waals surface area contributed by atoms with Crippen LogP contribution in [0.15, 0.2) is 4.79 Å². The summed E-state index contributed by atoms with van der Waals surface area (Å²) in [6, 6.07) is 0. The zero-order chi connectivity index (χ0) is 13.3. The van der Waals surface area contributed by atoms with E-state index in [2.05, 4.69) is 5.10 Å². The molecule has 0 aromatic carbocycles. The molecule has 1 amide bonds. The minimum absolute atomic E-state index is 0.204. The van der Waals surface area contributed by atoms with E-state index >= 15 is 0 Å². The standard InChI is InChI=1S/C12H17N3O3/c1-8-9(2)13-14(3)11(16)10(8)12(17)15-5-4-6-18-7-15/h4-7H2,1-3H3. The van der Waals surface area contributed by atoms with Crippen molar-refractivity contribution in [2.45, 2.75) is 20.3 Å². The molecule has 1 aliphatic rings. The van der Waals surface area contributed by atoms with Gasteiger partial charge in [0.2, 0.25) is 0 Å². The highest BCUT2D eigenvalue weighted by molar-refractivity contribution is 5.95. The SMILES string of the molecule is Cc1nn(C)c(=O)c(C(=O)N2CCCOC2)c1C. The van der Waals surface area contributed by atoms with Crippen LogP contribution < -0.4 is 5.56 Å². The Balaban J connectivity index is 2.44. The summed E-state index contributed by atoms with van der Waals surface area (Å²) < 4.78 is 6.45. The average molecular weight is 251 g/mol. The predicted molar refractivity (Wildman–Crippen MR) is 65.4 cm³/mol. The largest absolute Gasteiger partial charge is 0.361 e. The lowest BCUT2D eigenvalue weighted by Crippen LogP contribution is -2.42. The zero-order valence-corrected chi connectivity index (χ0v) is 10.9. The topological polar surface area (TPSA) is 64.4 Å². The van der Waals surface area contributed by atoms with Crippen molar-refractivity contribution < 1.29 is 9.53 Å². The van der Waals surface area contributed by atoms with Crippen molar-refractivity contribution in [1.29, 1.82) is 0 Å². The number of nitrogens with zero attached hydrogens (tertiary/aromatic N) is 3. The molecule has 1 aromatic heterocycles. The summed E-state index contributed by atoms with van der Waals surface area (Å²) in [5.74, 6) is -0.265. The van der Waals surface area contributed by atoms with Crippen LogP contribution in [0, 0.1) is 13.8 Å². The van der Waals surface area contributed by atoms with Gasteiger partial charge in [-0.15, -0.1) is 0 Å². The van der Waals surface area contributed by atoms with E-state index in [-0.39, 0.29) is 23.8 Å². The van der Waals surface area contributed by atoms with Gasteiger partial charge < -0.3 is 9.64 Å². The molecule has 18 heavy (non-hydrogen) atoms. The summed E-state index contributed by atoms with van der Waals surface area (Å²) in [6.07, 6.45) is 0.801. The van der Waals surface area contributed by atoms with Crippen LogP contribution in [-0.2, 0) is 11.8 Å². The molecule has 6 nitrogen and oxygen atoms in total. The molecule has 1 saturated heterocycles. The number of hydrogen-bond donors (Lipinski definition) is 0. The van der Waals surface area contributed by atoms with Gasteiger partial charge in [-0.25, -0.2) is 4.68 Å². The number of rotatable bonds is 1. The molecule has 0 radical (unpaired) electrons. The number of carbonyl (C=O) groups excluding carboxylic acids is 1. The summed E-state index contributed by atoms with van der Waals surface area (Å²) in [7, 11) is 1.55. The summed E-state index contributed by atoms with van der Waals surface area (Å²) >= 11 is 0. The van der Waals surface area contributed by atoms with Crippen molar-refractivity contribution in [3.8, 4) is 0 Å². The van der Waals surface area contributed by atoms with Crippen LogP contribution in [0.4, 0.5) is 0 Å². The van der Waals surface area contributed by atoms with Gasteiger partial charge in [-0.2, -0.15) is 5.10 Å². The van der Waals surface area contributed by atoms with E-state index in [0.717, 1.165) is 6.42 Å². The van der Waals surface area contributed by atoms with Gasteiger partial charge in [-0.1, -0.05) is 0 Å². The Morgan fingerprint density at radius 2 is 2.11 bits per heavy atom. The maximum Gasteiger partial charge on any atom is 0.279 e. The second-order valence-corrected chi connectivity index (χ2v) is 4.47. The van der Waals surface area contributed by atoms with Crippen LogP contribution in [0.25, 0.3) is 0 Å². The normalized spacial score (nSPS) is 15.8. The first-order valence-electron chi connectivity index (χ1n) is 5.94. The third-order valence-corrected chi connectivity index (χ3v) is 3.19. The Morgan fingerprint density at radius 3 is 2.72 bits per heavy atom. The minimum atomic E-state index is -0.353. The monoisotopic (exact) mass is 251 g/mol. The van der Waals surface area contributed by atoms with E-state index in [1.165, 1.54) is 4.68 Å². The van der Waals surface area contributed by atoms with Crippen LogP contribution in [0.3, 0.4) is 0 Å². The Labute approximate surface area is 105 Å². The second kappa shape index (κ2) is 4.89. The fourth-order valence-electron chi connectivity index (χ4n) is 2.02. The van der Waals surface area contributed by atoms with Crippen molar-refractivity contribution in [3.63, 3.8) is 0 Å². The number of aromatic nitrogens is 2. The van der Waals surface area contributed by atoms with Crippen molar-refractivity contribution in [2.24, 2.45) is 7.05 Å². The predicted octanol–water partition coefficient (Wildman–Crippen LogP) is 0.217. The van der Waals surface area contributed by atoms with Gasteiger partial charge in [0.05, 0.1) is 12.3 Å². The Kier molecular flexibility index (Phi) is 3.47. The van der Waals surface area contributed by atoms with Gasteiger partial charge in [-0.05, 0) is 25.8 Å². The van der Waals surface area contributed by atoms with Gasteiger partial charge in [-0.3, -0.25) is 9.59 Å². The lowest BCUT2D eigenvalue weighted by Gasteiger charge is -2.27. The third-order valence-electron chi connectivity index (χ3n) is 3.19. The maximum absolute atomic E-state index is 12.4. The number of ether oxygens (including phenoxy) is 1. The van der Waals surface area contributed by atoms with E-state index in [1.54, 1.807) is 25.8 Å². The highest BCUT2D eigenvalue weighted by atomic mass is 16.5. The number of hydrogen-bond acceptors (Lipinski definition) is 4. The van der Waals surface area contributed by atoms with Crippen molar-refractivity contribution in [3.05, 3.63) is 27.2 Å². The number of amides is 1. The quantitative estimate of drug-likeness (QED) is 0.716. The van der Waals surface area contributed by atoms with Crippen LogP contribution in [0.1, 0.15) is 28.0 Å². The van der Waals surface area contributed by atoms with E-state index in [4.69, 9.17) is 4.74 Å². The van der Waals surface area contributed by atoms with E-state index < -0.39 is 0 Å². The van der Waals surface area contributed by atoms with Gasteiger partial charge in [0.25, 0.3) is 11.5 Å². The molecule has 1 fully saturated rings. The maximum atomic E-state index is 12.4. The first-order valence-corrected chi connectivity index (χ1v) is 5.94. The van der Waals surface area contributed by atoms with Crippen LogP contribution in [0.2, 0.25) is 0 Å². The lowest BCUT2D eigenvalue weighted by atomic mass is 10.1. The molecule has 2 rings (SSSR count). The van der Waals surface area contributed by atoms with Crippen molar-refractivity contribution in [1.82, 2.24) is 14.7 Å². The molecule has 0 saturated carbocycles. The molecule has 1 aromatic rings. The molecule has 0 unspecified atom stereocenters. The average Bonchev–Trinajstić information content (AvgIpc) is 2.37. The Hall–Kier alpha value is -1.69. The summed E-state index contributed by atoms with van der Waals surface area (Å²) in [5, 5.41) is 4.06. The smallest absolute Gasteiger partial charge is 0.279 e. The van der Waals surface area contributed by atoms with Gasteiger partial charge in [0.15, 0.2) is 0 Å². The van der Waals surface area contributed by atoms with Gasteiger partial charge in [0.1, 0.15) is 12.3 Å².